The Balaban J connectivity index is 1.31. The van der Waals surface area contributed by atoms with Crippen LogP contribution in [0, 0.1) is 0 Å². The minimum Gasteiger partial charge on any atom is -0.497 e. The maximum atomic E-state index is 5.47. The summed E-state index contributed by atoms with van der Waals surface area (Å²) in [6, 6.07) is 23.9. The topological polar surface area (TPSA) is 38.5 Å². The second kappa shape index (κ2) is 8.44. The molecule has 1 aliphatic heterocycles. The first-order valence-corrected chi connectivity index (χ1v) is 10.8. The maximum Gasteiger partial charge on any atom is 0.140 e. The molecule has 0 aromatic heterocycles. The lowest BCUT2D eigenvalue weighted by atomic mass is 10.0. The smallest absolute Gasteiger partial charge is 0.140 e. The Morgan fingerprint density at radius 3 is 2.13 bits per heavy atom. The first-order chi connectivity index (χ1) is 15.3. The van der Waals surface area contributed by atoms with Gasteiger partial charge in [0.1, 0.15) is 17.5 Å². The van der Waals surface area contributed by atoms with Gasteiger partial charge in [-0.3, -0.25) is 5.01 Å². The van der Waals surface area contributed by atoms with Crippen molar-refractivity contribution in [1.82, 2.24) is 5.01 Å². The molecule has 158 valence electrons. The molecule has 1 fully saturated rings. The van der Waals surface area contributed by atoms with Crippen molar-refractivity contribution in [2.75, 3.05) is 40.4 Å². The van der Waals surface area contributed by atoms with Crippen molar-refractivity contribution < 1.29 is 14.4 Å². The first-order valence-electron chi connectivity index (χ1n) is 10.8. The Labute approximate surface area is 183 Å². The summed E-state index contributed by atoms with van der Waals surface area (Å²) in [6.07, 6.45) is 1.88. The SMILES string of the molecule is COc1ccc(OC)c(/C=N/N2CC[NH+](C3c4ccccc4-c4ccccc43)CC2)c1. The molecule has 2 aliphatic rings. The van der Waals surface area contributed by atoms with Crippen LogP contribution in [0.25, 0.3) is 11.1 Å². The molecule has 31 heavy (non-hydrogen) atoms. The van der Waals surface area contributed by atoms with Crippen molar-refractivity contribution in [3.63, 3.8) is 0 Å². The van der Waals surface area contributed by atoms with E-state index in [0.29, 0.717) is 6.04 Å². The van der Waals surface area contributed by atoms with E-state index in [4.69, 9.17) is 14.6 Å². The van der Waals surface area contributed by atoms with E-state index in [1.54, 1.807) is 19.1 Å². The van der Waals surface area contributed by atoms with Gasteiger partial charge in [-0.1, -0.05) is 48.5 Å². The number of fused-ring (bicyclic) bond motifs is 3. The molecule has 5 rings (SSSR count). The molecule has 5 heteroatoms. The minimum absolute atomic E-state index is 0.414. The zero-order valence-electron chi connectivity index (χ0n) is 18.0. The van der Waals surface area contributed by atoms with Crippen LogP contribution < -0.4 is 14.4 Å². The van der Waals surface area contributed by atoms with Gasteiger partial charge in [0.05, 0.1) is 46.6 Å². The minimum atomic E-state index is 0.414. The molecule has 0 spiro atoms. The molecule has 1 N–H and O–H groups in total. The number of ether oxygens (including phenoxy) is 2. The Bertz CT molecular complexity index is 1060. The Morgan fingerprint density at radius 2 is 1.52 bits per heavy atom. The predicted molar refractivity (Wildman–Crippen MR) is 123 cm³/mol. The highest BCUT2D eigenvalue weighted by atomic mass is 16.5. The van der Waals surface area contributed by atoms with Crippen molar-refractivity contribution in [2.45, 2.75) is 6.04 Å². The number of quaternary nitrogens is 1. The average Bonchev–Trinajstić information content (AvgIpc) is 3.17. The van der Waals surface area contributed by atoms with E-state index in [2.05, 4.69) is 53.5 Å². The lowest BCUT2D eigenvalue weighted by Gasteiger charge is -2.34. The normalized spacial score (nSPS) is 16.4. The number of methoxy groups -OCH3 is 2. The number of piperazine rings is 1. The molecule has 0 atom stereocenters. The van der Waals surface area contributed by atoms with Gasteiger partial charge >= 0.3 is 0 Å². The maximum absolute atomic E-state index is 5.47. The molecule has 5 nitrogen and oxygen atoms in total. The van der Waals surface area contributed by atoms with Crippen LogP contribution in [0.3, 0.4) is 0 Å². The summed E-state index contributed by atoms with van der Waals surface area (Å²) < 4.78 is 10.8. The lowest BCUT2D eigenvalue weighted by molar-refractivity contribution is -0.929. The zero-order chi connectivity index (χ0) is 21.2. The quantitative estimate of drug-likeness (QED) is 0.653. The number of benzene rings is 3. The molecular weight excluding hydrogens is 386 g/mol. The highest BCUT2D eigenvalue weighted by molar-refractivity contribution is 5.84. The van der Waals surface area contributed by atoms with E-state index in [0.717, 1.165) is 43.2 Å². The summed E-state index contributed by atoms with van der Waals surface area (Å²) >= 11 is 0. The molecule has 1 heterocycles. The zero-order valence-corrected chi connectivity index (χ0v) is 18.0. The summed E-state index contributed by atoms with van der Waals surface area (Å²) in [5.41, 5.74) is 6.62. The molecule has 1 aliphatic carbocycles. The van der Waals surface area contributed by atoms with E-state index < -0.39 is 0 Å². The lowest BCUT2D eigenvalue weighted by Crippen LogP contribution is -3.14. The number of rotatable bonds is 5. The third kappa shape index (κ3) is 3.66. The van der Waals surface area contributed by atoms with Crippen LogP contribution in [0.15, 0.2) is 71.8 Å². The van der Waals surface area contributed by atoms with Gasteiger partial charge in [-0.15, -0.1) is 0 Å². The van der Waals surface area contributed by atoms with E-state index in [9.17, 15) is 0 Å². The number of nitrogens with zero attached hydrogens (tertiary/aromatic N) is 2. The average molecular weight is 415 g/mol. The molecule has 0 radical (unpaired) electrons. The molecule has 3 aromatic carbocycles. The van der Waals surface area contributed by atoms with Gasteiger partial charge in [0.2, 0.25) is 0 Å². The number of hydrogen-bond acceptors (Lipinski definition) is 4. The molecule has 0 unspecified atom stereocenters. The van der Waals surface area contributed by atoms with Gasteiger partial charge in [0.25, 0.3) is 0 Å². The van der Waals surface area contributed by atoms with Crippen molar-refractivity contribution in [3.8, 4) is 22.6 Å². The van der Waals surface area contributed by atoms with Crippen molar-refractivity contribution in [1.29, 1.82) is 0 Å². The summed E-state index contributed by atoms with van der Waals surface area (Å²) in [5, 5.41) is 6.91. The van der Waals surface area contributed by atoms with Crippen molar-refractivity contribution in [2.24, 2.45) is 5.10 Å². The monoisotopic (exact) mass is 414 g/mol. The molecule has 3 aromatic rings. The highest BCUT2D eigenvalue weighted by Crippen LogP contribution is 2.41. The van der Waals surface area contributed by atoms with Crippen LogP contribution in [0.5, 0.6) is 11.5 Å². The number of hydrazone groups is 1. The Hall–Kier alpha value is -3.31. The van der Waals surface area contributed by atoms with Crippen LogP contribution in [-0.4, -0.2) is 51.6 Å². The van der Waals surface area contributed by atoms with E-state index >= 15 is 0 Å². The molecule has 0 bridgehead atoms. The highest BCUT2D eigenvalue weighted by Gasteiger charge is 2.37. The van der Waals surface area contributed by atoms with Crippen LogP contribution in [0.1, 0.15) is 22.7 Å². The van der Waals surface area contributed by atoms with Gasteiger partial charge in [0, 0.05) is 16.7 Å². The Morgan fingerprint density at radius 1 is 0.871 bits per heavy atom. The predicted octanol–water partition coefficient (Wildman–Crippen LogP) is 3.01. The van der Waals surface area contributed by atoms with Crippen LogP contribution in [0.2, 0.25) is 0 Å². The standard InChI is InChI=1S/C26H27N3O2/c1-30-20-11-12-25(31-2)19(17-20)18-27-29-15-13-28(14-16-29)26-23-9-5-3-7-21(23)22-8-4-6-10-24(22)26/h3-12,17-18,26H,13-16H2,1-2H3/p+1/b27-18+. The fraction of sp³-hybridized carbons (Fsp3) is 0.269. The molecular formula is C26H28N3O2+. The van der Waals surface area contributed by atoms with Gasteiger partial charge in [-0.25, -0.2) is 0 Å². The molecule has 0 amide bonds. The van der Waals surface area contributed by atoms with Crippen LogP contribution in [0.4, 0.5) is 0 Å². The fourth-order valence-corrected chi connectivity index (χ4v) is 4.87. The number of hydrogen-bond donors (Lipinski definition) is 1. The third-order valence-corrected chi connectivity index (χ3v) is 6.42. The van der Waals surface area contributed by atoms with Crippen LogP contribution >= 0.6 is 0 Å². The first kappa shape index (κ1) is 19.6. The van der Waals surface area contributed by atoms with Gasteiger partial charge in [-0.05, 0) is 29.3 Å². The van der Waals surface area contributed by atoms with Crippen molar-refractivity contribution in [3.05, 3.63) is 83.4 Å². The summed E-state index contributed by atoms with van der Waals surface area (Å²) in [4.78, 5) is 1.61. The fourth-order valence-electron chi connectivity index (χ4n) is 4.87. The third-order valence-electron chi connectivity index (χ3n) is 6.42. The van der Waals surface area contributed by atoms with Crippen LogP contribution in [-0.2, 0) is 0 Å². The van der Waals surface area contributed by atoms with Gasteiger partial charge in [-0.2, -0.15) is 5.10 Å². The summed E-state index contributed by atoms with van der Waals surface area (Å²) in [5.74, 6) is 1.60. The molecule has 0 saturated carbocycles. The van der Waals surface area contributed by atoms with E-state index in [1.807, 2.05) is 24.4 Å². The van der Waals surface area contributed by atoms with E-state index in [-0.39, 0.29) is 0 Å². The summed E-state index contributed by atoms with van der Waals surface area (Å²) in [6.45, 7) is 3.97. The van der Waals surface area contributed by atoms with Crippen molar-refractivity contribution >= 4 is 6.21 Å². The summed E-state index contributed by atoms with van der Waals surface area (Å²) in [7, 11) is 3.35. The second-order valence-corrected chi connectivity index (χ2v) is 8.07. The van der Waals surface area contributed by atoms with Gasteiger partial charge < -0.3 is 14.4 Å². The Kier molecular flexibility index (Phi) is 5.35. The molecule has 1 saturated heterocycles. The van der Waals surface area contributed by atoms with E-state index in [1.165, 1.54) is 22.3 Å². The van der Waals surface area contributed by atoms with Gasteiger partial charge in [0.15, 0.2) is 0 Å². The second-order valence-electron chi connectivity index (χ2n) is 8.07. The number of nitrogens with one attached hydrogen (secondary N) is 1. The largest absolute Gasteiger partial charge is 0.497 e.